The molecule has 1 heterocycles. The minimum absolute atomic E-state index is 0.0906. The van der Waals surface area contributed by atoms with E-state index < -0.39 is 23.4 Å². The molecular weight excluding hydrogens is 347 g/mol. The molecule has 0 spiro atoms. The summed E-state index contributed by atoms with van der Waals surface area (Å²) < 4.78 is 40.1. The average molecular weight is 367 g/mol. The Morgan fingerprint density at radius 3 is 2.58 bits per heavy atom. The molecule has 1 amide bonds. The zero-order valence-electron chi connectivity index (χ0n) is 14.7. The number of hydrogen-bond acceptors (Lipinski definition) is 5. The van der Waals surface area contributed by atoms with Crippen molar-refractivity contribution in [1.82, 2.24) is 20.2 Å². The highest BCUT2D eigenvalue weighted by molar-refractivity contribution is 5.93. The molecule has 0 bridgehead atoms. The maximum Gasteiger partial charge on any atom is 0.270 e. The first-order valence-electron chi connectivity index (χ1n) is 7.97. The van der Waals surface area contributed by atoms with Crippen LogP contribution >= 0.6 is 0 Å². The van der Waals surface area contributed by atoms with Gasteiger partial charge in [0.05, 0.1) is 5.69 Å². The van der Waals surface area contributed by atoms with Gasteiger partial charge in [-0.15, -0.1) is 0 Å². The predicted molar refractivity (Wildman–Crippen MR) is 91.9 cm³/mol. The lowest BCUT2D eigenvalue weighted by molar-refractivity contribution is 0.0947. The highest BCUT2D eigenvalue weighted by atomic mass is 19.2. The fraction of sp³-hybridized carbons (Fsp3) is 0.353. The summed E-state index contributed by atoms with van der Waals surface area (Å²) in [5.41, 5.74) is -0.202. The highest BCUT2D eigenvalue weighted by Gasteiger charge is 2.15. The third-order valence-corrected chi connectivity index (χ3v) is 3.44. The van der Waals surface area contributed by atoms with Crippen LogP contribution in [0.2, 0.25) is 0 Å². The number of halogens is 3. The van der Waals surface area contributed by atoms with Crippen LogP contribution in [0.5, 0.6) is 0 Å². The molecule has 0 saturated carbocycles. The quantitative estimate of drug-likeness (QED) is 0.582. The van der Waals surface area contributed by atoms with Crippen LogP contribution < -0.4 is 10.6 Å². The number of rotatable bonds is 7. The molecule has 9 heteroatoms. The van der Waals surface area contributed by atoms with Crippen molar-refractivity contribution < 1.29 is 18.0 Å². The molecule has 1 aromatic carbocycles. The summed E-state index contributed by atoms with van der Waals surface area (Å²) in [6.07, 6.45) is 0.772. The Kier molecular flexibility index (Phi) is 6.51. The Hall–Kier alpha value is -2.68. The lowest BCUT2D eigenvalue weighted by Crippen LogP contribution is -2.28. The van der Waals surface area contributed by atoms with Crippen LogP contribution in [0.4, 0.5) is 24.7 Å². The minimum atomic E-state index is -1.58. The Morgan fingerprint density at radius 2 is 1.88 bits per heavy atom. The molecule has 0 unspecified atom stereocenters. The fourth-order valence-electron chi connectivity index (χ4n) is 2.20. The van der Waals surface area contributed by atoms with Gasteiger partial charge in [0.1, 0.15) is 17.3 Å². The zero-order chi connectivity index (χ0) is 19.3. The Morgan fingerprint density at radius 1 is 1.15 bits per heavy atom. The van der Waals surface area contributed by atoms with E-state index in [1.165, 1.54) is 6.07 Å². The number of amides is 1. The number of benzene rings is 1. The fourth-order valence-corrected chi connectivity index (χ4v) is 2.20. The minimum Gasteiger partial charge on any atom is -0.351 e. The van der Waals surface area contributed by atoms with E-state index in [9.17, 15) is 18.0 Å². The van der Waals surface area contributed by atoms with Gasteiger partial charge in [0.2, 0.25) is 0 Å². The Balaban J connectivity index is 2.12. The number of nitrogens with one attached hydrogen (secondary N) is 2. The Bertz CT molecular complexity index is 798. The van der Waals surface area contributed by atoms with Crippen molar-refractivity contribution in [3.63, 3.8) is 0 Å². The number of anilines is 2. The predicted octanol–water partition coefficient (Wildman–Crippen LogP) is 2.63. The monoisotopic (exact) mass is 367 g/mol. The number of carbonyl (C=O) groups is 1. The van der Waals surface area contributed by atoms with Crippen molar-refractivity contribution >= 4 is 17.4 Å². The van der Waals surface area contributed by atoms with Gasteiger partial charge in [-0.25, -0.2) is 23.1 Å². The van der Waals surface area contributed by atoms with Crippen LogP contribution in [0.3, 0.4) is 0 Å². The molecule has 2 rings (SSSR count). The summed E-state index contributed by atoms with van der Waals surface area (Å²) in [6, 6.07) is 3.16. The molecule has 0 aliphatic carbocycles. The van der Waals surface area contributed by atoms with E-state index in [-0.39, 0.29) is 23.0 Å². The lowest BCUT2D eigenvalue weighted by Gasteiger charge is -2.11. The lowest BCUT2D eigenvalue weighted by atomic mass is 10.2. The number of carbonyl (C=O) groups excluding carboxylic acids is 1. The smallest absolute Gasteiger partial charge is 0.270 e. The SMILES string of the molecule is Cc1nc(Nc2ccc(F)c(F)c2F)cc(C(=O)NCCCN(C)C)n1. The first-order chi connectivity index (χ1) is 12.3. The van der Waals surface area contributed by atoms with Crippen LogP contribution in [-0.2, 0) is 0 Å². The second kappa shape index (κ2) is 8.61. The van der Waals surface area contributed by atoms with Crippen molar-refractivity contribution in [2.45, 2.75) is 13.3 Å². The summed E-state index contributed by atoms with van der Waals surface area (Å²) in [7, 11) is 3.87. The van der Waals surface area contributed by atoms with E-state index >= 15 is 0 Å². The molecule has 6 nitrogen and oxygen atoms in total. The van der Waals surface area contributed by atoms with E-state index in [2.05, 4.69) is 20.6 Å². The molecule has 0 radical (unpaired) electrons. The average Bonchev–Trinajstić information content (AvgIpc) is 2.58. The van der Waals surface area contributed by atoms with Gasteiger partial charge in [-0.2, -0.15) is 0 Å². The number of aromatic nitrogens is 2. The van der Waals surface area contributed by atoms with E-state index in [1.807, 2.05) is 19.0 Å². The van der Waals surface area contributed by atoms with E-state index in [4.69, 9.17) is 0 Å². The van der Waals surface area contributed by atoms with Gasteiger partial charge in [0, 0.05) is 12.6 Å². The van der Waals surface area contributed by atoms with Crippen LogP contribution in [0.1, 0.15) is 22.7 Å². The van der Waals surface area contributed by atoms with Gasteiger partial charge < -0.3 is 15.5 Å². The number of nitrogens with zero attached hydrogens (tertiary/aromatic N) is 3. The maximum absolute atomic E-state index is 13.8. The molecule has 26 heavy (non-hydrogen) atoms. The van der Waals surface area contributed by atoms with Crippen molar-refractivity contribution in [2.24, 2.45) is 0 Å². The number of aryl methyl sites for hydroxylation is 1. The third-order valence-electron chi connectivity index (χ3n) is 3.44. The third kappa shape index (κ3) is 5.16. The number of hydrogen-bond donors (Lipinski definition) is 2. The molecule has 140 valence electrons. The Labute approximate surface area is 149 Å². The van der Waals surface area contributed by atoms with E-state index in [0.717, 1.165) is 25.1 Å². The van der Waals surface area contributed by atoms with Crippen LogP contribution in [0, 0.1) is 24.4 Å². The van der Waals surface area contributed by atoms with Gasteiger partial charge in [-0.05, 0) is 46.1 Å². The molecule has 0 fully saturated rings. The van der Waals surface area contributed by atoms with Gasteiger partial charge in [0.25, 0.3) is 5.91 Å². The summed E-state index contributed by atoms with van der Waals surface area (Å²) in [6.45, 7) is 2.86. The van der Waals surface area contributed by atoms with E-state index in [1.54, 1.807) is 6.92 Å². The molecule has 0 aliphatic heterocycles. The van der Waals surface area contributed by atoms with Crippen LogP contribution in [0.15, 0.2) is 18.2 Å². The standard InChI is InChI=1S/C17H20F3N5O/c1-10-22-13(17(26)21-7-4-8-25(2)3)9-14(23-10)24-12-6-5-11(18)15(19)16(12)20/h5-6,9H,4,7-8H2,1-3H3,(H,21,26)(H,22,23,24). The van der Waals surface area contributed by atoms with Crippen LogP contribution in [-0.4, -0.2) is 48.0 Å². The first-order valence-corrected chi connectivity index (χ1v) is 7.97. The summed E-state index contributed by atoms with van der Waals surface area (Å²) in [5, 5.41) is 5.27. The van der Waals surface area contributed by atoms with Crippen molar-refractivity contribution in [2.75, 3.05) is 32.5 Å². The van der Waals surface area contributed by atoms with Gasteiger partial charge in [-0.3, -0.25) is 4.79 Å². The topological polar surface area (TPSA) is 70.2 Å². The summed E-state index contributed by atoms with van der Waals surface area (Å²) in [5.74, 6) is -4.26. The molecular formula is C17H20F3N5O. The van der Waals surface area contributed by atoms with Gasteiger partial charge in [-0.1, -0.05) is 0 Å². The molecule has 0 atom stereocenters. The normalized spacial score (nSPS) is 10.9. The molecule has 1 aromatic heterocycles. The second-order valence-electron chi connectivity index (χ2n) is 5.95. The zero-order valence-corrected chi connectivity index (χ0v) is 14.7. The maximum atomic E-state index is 13.8. The largest absolute Gasteiger partial charge is 0.351 e. The van der Waals surface area contributed by atoms with Crippen molar-refractivity contribution in [1.29, 1.82) is 0 Å². The van der Waals surface area contributed by atoms with E-state index in [0.29, 0.717) is 6.54 Å². The van der Waals surface area contributed by atoms with Crippen molar-refractivity contribution in [3.8, 4) is 0 Å². The molecule has 0 aliphatic rings. The molecule has 2 aromatic rings. The van der Waals surface area contributed by atoms with Crippen molar-refractivity contribution in [3.05, 3.63) is 47.2 Å². The summed E-state index contributed by atoms with van der Waals surface area (Å²) in [4.78, 5) is 22.3. The second-order valence-corrected chi connectivity index (χ2v) is 5.95. The highest BCUT2D eigenvalue weighted by Crippen LogP contribution is 2.23. The van der Waals surface area contributed by atoms with Gasteiger partial charge in [0.15, 0.2) is 17.5 Å². The summed E-state index contributed by atoms with van der Waals surface area (Å²) >= 11 is 0. The van der Waals surface area contributed by atoms with Crippen LogP contribution in [0.25, 0.3) is 0 Å². The first kappa shape index (κ1) is 19.6. The van der Waals surface area contributed by atoms with Gasteiger partial charge >= 0.3 is 0 Å². The molecule has 0 saturated heterocycles. The molecule has 2 N–H and O–H groups in total.